The molecule has 3 nitrogen and oxygen atoms in total. The van der Waals surface area contributed by atoms with Gasteiger partial charge in [-0.1, -0.05) is 26.7 Å². The third-order valence-corrected chi connectivity index (χ3v) is 3.04. The van der Waals surface area contributed by atoms with Crippen LogP contribution in [0.5, 0.6) is 0 Å². The number of rotatable bonds is 6. The molecule has 18 heavy (non-hydrogen) atoms. The number of benzene rings is 1. The third kappa shape index (κ3) is 4.02. The summed E-state index contributed by atoms with van der Waals surface area (Å²) in [5, 5.41) is 2.74. The highest BCUT2D eigenvalue weighted by Crippen LogP contribution is 2.19. The summed E-state index contributed by atoms with van der Waals surface area (Å²) >= 11 is 0. The van der Waals surface area contributed by atoms with Crippen LogP contribution in [0, 0.1) is 11.7 Å². The number of halogens is 1. The maximum absolute atomic E-state index is 13.2. The summed E-state index contributed by atoms with van der Waals surface area (Å²) < 4.78 is 13.2. The Morgan fingerprint density at radius 1 is 1.44 bits per heavy atom. The topological polar surface area (TPSA) is 55.1 Å². The van der Waals surface area contributed by atoms with Crippen LogP contribution in [0.4, 0.5) is 15.8 Å². The van der Waals surface area contributed by atoms with Crippen molar-refractivity contribution in [2.24, 2.45) is 5.92 Å². The lowest BCUT2D eigenvalue weighted by Gasteiger charge is -2.14. The Hall–Kier alpha value is -1.58. The van der Waals surface area contributed by atoms with Gasteiger partial charge in [-0.3, -0.25) is 4.79 Å². The van der Waals surface area contributed by atoms with Crippen LogP contribution in [0.1, 0.15) is 39.5 Å². The van der Waals surface area contributed by atoms with Crippen molar-refractivity contribution < 1.29 is 9.18 Å². The summed E-state index contributed by atoms with van der Waals surface area (Å²) in [7, 11) is 0. The number of anilines is 2. The van der Waals surface area contributed by atoms with Crippen molar-refractivity contribution >= 4 is 17.3 Å². The van der Waals surface area contributed by atoms with E-state index in [2.05, 4.69) is 12.2 Å². The van der Waals surface area contributed by atoms with Gasteiger partial charge in [-0.25, -0.2) is 4.39 Å². The maximum atomic E-state index is 13.2. The zero-order valence-electron chi connectivity index (χ0n) is 11.0. The van der Waals surface area contributed by atoms with E-state index in [9.17, 15) is 9.18 Å². The Labute approximate surface area is 108 Å². The molecule has 1 amide bonds. The number of nitrogen functional groups attached to an aromatic ring is 1. The first kappa shape index (κ1) is 14.5. The average Bonchev–Trinajstić information content (AvgIpc) is 2.35. The molecule has 0 bridgehead atoms. The minimum atomic E-state index is -0.505. The first-order valence-corrected chi connectivity index (χ1v) is 6.44. The van der Waals surface area contributed by atoms with Crippen molar-refractivity contribution in [1.29, 1.82) is 0 Å². The largest absolute Gasteiger partial charge is 0.396 e. The molecule has 0 fully saturated rings. The molecule has 0 aliphatic heterocycles. The van der Waals surface area contributed by atoms with E-state index < -0.39 is 5.82 Å². The number of nitrogens with one attached hydrogen (secondary N) is 1. The average molecular weight is 252 g/mol. The van der Waals surface area contributed by atoms with Gasteiger partial charge in [0.2, 0.25) is 5.91 Å². The fraction of sp³-hybridized carbons (Fsp3) is 0.500. The molecule has 0 saturated carbocycles. The zero-order valence-corrected chi connectivity index (χ0v) is 11.0. The highest BCUT2D eigenvalue weighted by molar-refractivity contribution is 5.92. The number of carbonyl (C=O) groups is 1. The van der Waals surface area contributed by atoms with Gasteiger partial charge in [-0.2, -0.15) is 0 Å². The first-order chi connectivity index (χ1) is 8.58. The monoisotopic (exact) mass is 252 g/mol. The molecule has 0 heterocycles. The highest BCUT2D eigenvalue weighted by Gasteiger charge is 2.16. The highest BCUT2D eigenvalue weighted by atomic mass is 19.1. The van der Waals surface area contributed by atoms with Gasteiger partial charge in [0.05, 0.1) is 5.69 Å². The SMILES string of the molecule is CCCCC(CC)C(=O)Nc1ccc(N)c(F)c1. The molecule has 4 heteroatoms. The molecule has 0 aliphatic rings. The second kappa shape index (κ2) is 6.99. The van der Waals surface area contributed by atoms with Crippen LogP contribution in [0.3, 0.4) is 0 Å². The van der Waals surface area contributed by atoms with E-state index in [4.69, 9.17) is 5.73 Å². The van der Waals surface area contributed by atoms with Crippen molar-refractivity contribution in [1.82, 2.24) is 0 Å². The quantitative estimate of drug-likeness (QED) is 0.760. The Balaban J connectivity index is 2.64. The predicted octanol–water partition coefficient (Wildman–Crippen LogP) is 3.56. The molecule has 0 aromatic heterocycles. The van der Waals surface area contributed by atoms with Gasteiger partial charge in [-0.15, -0.1) is 0 Å². The molecule has 1 aromatic rings. The molecule has 0 saturated heterocycles. The number of unbranched alkanes of at least 4 members (excludes halogenated alkanes) is 1. The van der Waals surface area contributed by atoms with E-state index in [1.807, 2.05) is 6.92 Å². The van der Waals surface area contributed by atoms with Gasteiger partial charge >= 0.3 is 0 Å². The molecule has 1 aromatic carbocycles. The number of nitrogens with two attached hydrogens (primary N) is 1. The van der Waals surface area contributed by atoms with Gasteiger partial charge in [0.15, 0.2) is 0 Å². The number of hydrogen-bond acceptors (Lipinski definition) is 2. The number of amides is 1. The second-order valence-corrected chi connectivity index (χ2v) is 4.47. The summed E-state index contributed by atoms with van der Waals surface area (Å²) in [6.07, 6.45) is 3.77. The Bertz CT molecular complexity index is 407. The van der Waals surface area contributed by atoms with Crippen LogP contribution in [-0.2, 0) is 4.79 Å². The van der Waals surface area contributed by atoms with Crippen LogP contribution in [0.2, 0.25) is 0 Å². The van der Waals surface area contributed by atoms with Gasteiger partial charge < -0.3 is 11.1 Å². The Morgan fingerprint density at radius 3 is 2.72 bits per heavy atom. The van der Waals surface area contributed by atoms with Crippen LogP contribution >= 0.6 is 0 Å². The van der Waals surface area contributed by atoms with E-state index in [-0.39, 0.29) is 17.5 Å². The van der Waals surface area contributed by atoms with Crippen LogP contribution in [0.25, 0.3) is 0 Å². The smallest absolute Gasteiger partial charge is 0.227 e. The molecule has 0 spiro atoms. The van der Waals surface area contributed by atoms with Crippen molar-refractivity contribution in [2.45, 2.75) is 39.5 Å². The van der Waals surface area contributed by atoms with Gasteiger partial charge in [0.1, 0.15) is 5.82 Å². The van der Waals surface area contributed by atoms with Crippen molar-refractivity contribution in [3.8, 4) is 0 Å². The van der Waals surface area contributed by atoms with Crippen molar-refractivity contribution in [2.75, 3.05) is 11.1 Å². The molecule has 0 radical (unpaired) electrons. The minimum Gasteiger partial charge on any atom is -0.396 e. The molecule has 100 valence electrons. The third-order valence-electron chi connectivity index (χ3n) is 3.04. The van der Waals surface area contributed by atoms with E-state index in [0.29, 0.717) is 5.69 Å². The lowest BCUT2D eigenvalue weighted by atomic mass is 9.98. The van der Waals surface area contributed by atoms with Crippen LogP contribution in [-0.4, -0.2) is 5.91 Å². The number of carbonyl (C=O) groups excluding carboxylic acids is 1. The van der Waals surface area contributed by atoms with Crippen molar-refractivity contribution in [3.05, 3.63) is 24.0 Å². The van der Waals surface area contributed by atoms with Gasteiger partial charge in [0.25, 0.3) is 0 Å². The molecular weight excluding hydrogens is 231 g/mol. The first-order valence-electron chi connectivity index (χ1n) is 6.44. The van der Waals surface area contributed by atoms with Gasteiger partial charge in [-0.05, 0) is 31.0 Å². The Morgan fingerprint density at radius 2 is 2.17 bits per heavy atom. The summed E-state index contributed by atoms with van der Waals surface area (Å²) in [5.41, 5.74) is 5.93. The fourth-order valence-electron chi connectivity index (χ4n) is 1.82. The minimum absolute atomic E-state index is 0.00874. The standard InChI is InChI=1S/C14H21FN2O/c1-3-5-6-10(4-2)14(18)17-11-7-8-13(16)12(15)9-11/h7-10H,3-6,16H2,1-2H3,(H,17,18). The van der Waals surface area contributed by atoms with Gasteiger partial charge in [0, 0.05) is 11.6 Å². The van der Waals surface area contributed by atoms with Crippen LogP contribution < -0.4 is 11.1 Å². The van der Waals surface area contributed by atoms with Crippen LogP contribution in [0.15, 0.2) is 18.2 Å². The van der Waals surface area contributed by atoms with Crippen molar-refractivity contribution in [3.63, 3.8) is 0 Å². The molecule has 1 rings (SSSR count). The lowest BCUT2D eigenvalue weighted by Crippen LogP contribution is -2.22. The summed E-state index contributed by atoms with van der Waals surface area (Å²) in [6, 6.07) is 4.32. The molecule has 3 N–H and O–H groups in total. The normalized spacial score (nSPS) is 12.2. The van der Waals surface area contributed by atoms with E-state index in [1.54, 1.807) is 6.07 Å². The van der Waals surface area contributed by atoms with E-state index in [0.717, 1.165) is 25.7 Å². The maximum Gasteiger partial charge on any atom is 0.227 e. The molecule has 1 unspecified atom stereocenters. The molecule has 1 atom stereocenters. The van der Waals surface area contributed by atoms with E-state index in [1.165, 1.54) is 12.1 Å². The molecular formula is C14H21FN2O. The predicted molar refractivity (Wildman–Crippen MR) is 72.7 cm³/mol. The fourth-order valence-corrected chi connectivity index (χ4v) is 1.82. The Kier molecular flexibility index (Phi) is 5.62. The zero-order chi connectivity index (χ0) is 13.5. The van der Waals surface area contributed by atoms with E-state index >= 15 is 0 Å². The number of hydrogen-bond donors (Lipinski definition) is 2. The summed E-state index contributed by atoms with van der Waals surface area (Å²) in [6.45, 7) is 4.09. The summed E-state index contributed by atoms with van der Waals surface area (Å²) in [5.74, 6) is -0.560. The summed E-state index contributed by atoms with van der Waals surface area (Å²) in [4.78, 5) is 12.0. The molecule has 0 aliphatic carbocycles. The lowest BCUT2D eigenvalue weighted by molar-refractivity contribution is -0.120. The second-order valence-electron chi connectivity index (χ2n) is 4.47.